The van der Waals surface area contributed by atoms with Gasteiger partial charge >= 0.3 is 5.97 Å². The van der Waals surface area contributed by atoms with Gasteiger partial charge in [-0.15, -0.1) is 0 Å². The first-order valence-corrected chi connectivity index (χ1v) is 13.9. The van der Waals surface area contributed by atoms with Crippen LogP contribution in [-0.4, -0.2) is 22.7 Å². The zero-order valence-electron chi connectivity index (χ0n) is 19.0. The Morgan fingerprint density at radius 3 is 2.58 bits per heavy atom. The first-order chi connectivity index (χ1) is 17.4. The van der Waals surface area contributed by atoms with Crippen LogP contribution in [0.5, 0.6) is 5.75 Å². The molecule has 4 rings (SSSR count). The van der Waals surface area contributed by atoms with Crippen molar-refractivity contribution in [2.24, 2.45) is 4.99 Å². The first kappa shape index (κ1) is 26.8. The van der Waals surface area contributed by atoms with E-state index in [1.807, 2.05) is 66.7 Å². The highest BCUT2D eigenvalue weighted by molar-refractivity contribution is 14.1. The second-order valence-electron chi connectivity index (χ2n) is 7.50. The predicted molar refractivity (Wildman–Crippen MR) is 158 cm³/mol. The van der Waals surface area contributed by atoms with Crippen molar-refractivity contribution in [3.63, 3.8) is 0 Å². The van der Waals surface area contributed by atoms with E-state index in [9.17, 15) is 9.90 Å². The molecule has 1 N–H and O–H groups in total. The molecular weight excluding hydrogens is 677 g/mol. The molecule has 0 aliphatic carbocycles. The number of halogens is 3. The fraction of sp³-hybridized carbons (Fsp3) is 0.111. The zero-order valence-corrected chi connectivity index (χ0v) is 24.3. The maximum Gasteiger partial charge on any atom is 0.344 e. The summed E-state index contributed by atoms with van der Waals surface area (Å²) < 4.78 is 12.8. The molecule has 1 aliphatic rings. The Hall–Kier alpha value is -2.27. The molecule has 3 aromatic carbocycles. The van der Waals surface area contributed by atoms with Crippen molar-refractivity contribution in [3.8, 4) is 5.75 Å². The third-order valence-corrected chi connectivity index (χ3v) is 7.78. The summed E-state index contributed by atoms with van der Waals surface area (Å²) in [5.41, 5.74) is 2.44. The van der Waals surface area contributed by atoms with Gasteiger partial charge < -0.3 is 14.6 Å². The van der Waals surface area contributed by atoms with Crippen molar-refractivity contribution in [1.82, 2.24) is 0 Å². The molecule has 9 heteroatoms. The van der Waals surface area contributed by atoms with Crippen molar-refractivity contribution >= 4 is 84.7 Å². The topological polar surface area (TPSA) is 68.1 Å². The van der Waals surface area contributed by atoms with Crippen LogP contribution in [0.1, 0.15) is 18.1 Å². The summed E-state index contributed by atoms with van der Waals surface area (Å²) in [6.07, 6.45) is 1.80. The summed E-state index contributed by atoms with van der Waals surface area (Å²) in [6.45, 7) is 2.24. The van der Waals surface area contributed by atoms with Crippen LogP contribution in [0.25, 0.3) is 6.08 Å². The lowest BCUT2D eigenvalue weighted by atomic mass is 10.1. The summed E-state index contributed by atoms with van der Waals surface area (Å²) in [4.78, 5) is 17.7. The number of esters is 1. The molecule has 0 unspecified atom stereocenters. The Morgan fingerprint density at radius 2 is 1.89 bits per heavy atom. The predicted octanol–water partition coefficient (Wildman–Crippen LogP) is 8.48. The fourth-order valence-corrected chi connectivity index (χ4v) is 6.32. The Bertz CT molecular complexity index is 1370. The molecule has 1 aliphatic heterocycles. The Morgan fingerprint density at radius 1 is 1.17 bits per heavy atom. The molecular formula is C27H20BrClINO4S. The van der Waals surface area contributed by atoms with E-state index in [-0.39, 0.29) is 17.9 Å². The average molecular weight is 697 g/mol. The molecule has 1 heterocycles. The summed E-state index contributed by atoms with van der Waals surface area (Å²) in [6, 6.07) is 20.6. The van der Waals surface area contributed by atoms with Gasteiger partial charge in [0.1, 0.15) is 28.7 Å². The third kappa shape index (κ3) is 6.34. The van der Waals surface area contributed by atoms with Crippen LogP contribution < -0.4 is 4.74 Å². The van der Waals surface area contributed by atoms with E-state index in [2.05, 4.69) is 43.5 Å². The molecule has 0 amide bonds. The van der Waals surface area contributed by atoms with Gasteiger partial charge in [0.05, 0.1) is 25.2 Å². The number of para-hydroxylation sites is 1. The van der Waals surface area contributed by atoms with E-state index in [1.54, 1.807) is 13.0 Å². The summed E-state index contributed by atoms with van der Waals surface area (Å²) in [7, 11) is 0. The molecule has 0 saturated heterocycles. The van der Waals surface area contributed by atoms with Crippen molar-refractivity contribution in [2.45, 2.75) is 13.5 Å². The quantitative estimate of drug-likeness (QED) is 0.198. The van der Waals surface area contributed by atoms with Crippen molar-refractivity contribution in [3.05, 3.63) is 107 Å². The smallest absolute Gasteiger partial charge is 0.344 e. The van der Waals surface area contributed by atoms with Crippen molar-refractivity contribution in [1.29, 1.82) is 0 Å². The van der Waals surface area contributed by atoms with E-state index in [4.69, 9.17) is 21.1 Å². The number of aliphatic imine (C=N–C) groups is 1. The third-order valence-electron chi connectivity index (χ3n) is 5.01. The maximum atomic E-state index is 12.6. The standard InChI is InChI=1S/C27H20BrClINO4S/c1-2-34-27(33)23-24(32)22(36-26(23)31-18-9-4-3-5-10-18)14-16-12-19(28)25(21(30)13-16)35-15-17-8-6-7-11-20(17)29/h3-14,32H,2,15H2,1H3/b22-14-,31-26?. The minimum atomic E-state index is -0.611. The van der Waals surface area contributed by atoms with Crippen LogP contribution in [0.2, 0.25) is 5.02 Å². The highest BCUT2D eigenvalue weighted by Crippen LogP contribution is 2.41. The number of carbonyl (C=O) groups excluding carboxylic acids is 1. The second-order valence-corrected chi connectivity index (χ2v) is 11.0. The van der Waals surface area contributed by atoms with E-state index in [1.165, 1.54) is 11.8 Å². The number of thioether (sulfide) groups is 1. The molecule has 0 fully saturated rings. The van der Waals surface area contributed by atoms with Gasteiger partial charge in [-0.1, -0.05) is 59.8 Å². The Kier molecular flexibility index (Phi) is 9.16. The van der Waals surface area contributed by atoms with Gasteiger partial charge in [0, 0.05) is 10.6 Å². The highest BCUT2D eigenvalue weighted by atomic mass is 127. The number of aliphatic hydroxyl groups is 1. The second kappa shape index (κ2) is 12.3. The van der Waals surface area contributed by atoms with E-state index >= 15 is 0 Å². The lowest BCUT2D eigenvalue weighted by Gasteiger charge is -2.12. The van der Waals surface area contributed by atoms with Crippen LogP contribution in [-0.2, 0) is 16.1 Å². The maximum absolute atomic E-state index is 12.6. The minimum absolute atomic E-state index is 0.0606. The Balaban J connectivity index is 1.64. The number of carbonyl (C=O) groups is 1. The van der Waals surface area contributed by atoms with E-state index < -0.39 is 5.97 Å². The van der Waals surface area contributed by atoms with Crippen LogP contribution in [0, 0.1) is 3.57 Å². The molecule has 5 nitrogen and oxygen atoms in total. The monoisotopic (exact) mass is 695 g/mol. The molecule has 0 saturated carbocycles. The van der Waals surface area contributed by atoms with Gasteiger partial charge in [-0.05, 0) is 87.4 Å². The van der Waals surface area contributed by atoms with Crippen molar-refractivity contribution < 1.29 is 19.4 Å². The SMILES string of the molecule is CCOC(=O)C1=C(O)/C(=C/c2cc(Br)c(OCc3ccccc3Cl)c(I)c2)SC1=Nc1ccccc1. The number of benzene rings is 3. The van der Waals surface area contributed by atoms with Gasteiger partial charge in [0.15, 0.2) is 0 Å². The Labute approximate surface area is 240 Å². The largest absolute Gasteiger partial charge is 0.506 e. The van der Waals surface area contributed by atoms with Gasteiger partial charge in [-0.2, -0.15) is 0 Å². The number of nitrogens with zero attached hydrogens (tertiary/aromatic N) is 1. The normalized spacial score (nSPS) is 15.6. The lowest BCUT2D eigenvalue weighted by molar-refractivity contribution is -0.138. The van der Waals surface area contributed by atoms with Gasteiger partial charge in [-0.3, -0.25) is 0 Å². The number of ether oxygens (including phenoxy) is 2. The summed E-state index contributed by atoms with van der Waals surface area (Å²) >= 11 is 13.3. The number of aliphatic hydroxyl groups excluding tert-OH is 1. The lowest BCUT2D eigenvalue weighted by Crippen LogP contribution is -2.12. The highest BCUT2D eigenvalue weighted by Gasteiger charge is 2.33. The van der Waals surface area contributed by atoms with E-state index in [0.717, 1.165) is 19.2 Å². The molecule has 0 radical (unpaired) electrons. The number of hydrogen-bond donors (Lipinski definition) is 1. The van der Waals surface area contributed by atoms with Crippen molar-refractivity contribution in [2.75, 3.05) is 6.61 Å². The zero-order chi connectivity index (χ0) is 25.7. The summed E-state index contributed by atoms with van der Waals surface area (Å²) in [5, 5.41) is 12.0. The van der Waals surface area contributed by atoms with Gasteiger partial charge in [-0.25, -0.2) is 9.79 Å². The average Bonchev–Trinajstić information content (AvgIpc) is 3.14. The van der Waals surface area contributed by atoms with Crippen LogP contribution in [0.4, 0.5) is 5.69 Å². The van der Waals surface area contributed by atoms with E-state index in [0.29, 0.717) is 33.0 Å². The molecule has 0 atom stereocenters. The molecule has 36 heavy (non-hydrogen) atoms. The molecule has 184 valence electrons. The van der Waals surface area contributed by atoms with Gasteiger partial charge in [0.25, 0.3) is 0 Å². The summed E-state index contributed by atoms with van der Waals surface area (Å²) in [5.74, 6) is -0.0759. The minimum Gasteiger partial charge on any atom is -0.506 e. The molecule has 3 aromatic rings. The fourth-order valence-electron chi connectivity index (χ4n) is 3.33. The molecule has 0 aromatic heterocycles. The van der Waals surface area contributed by atoms with Crippen LogP contribution in [0.15, 0.2) is 92.4 Å². The first-order valence-electron chi connectivity index (χ1n) is 10.9. The van der Waals surface area contributed by atoms with Gasteiger partial charge in [0.2, 0.25) is 0 Å². The number of hydrogen-bond acceptors (Lipinski definition) is 6. The number of rotatable bonds is 7. The molecule has 0 spiro atoms. The van der Waals surface area contributed by atoms with Crippen LogP contribution >= 0.6 is 61.9 Å². The van der Waals surface area contributed by atoms with Crippen LogP contribution in [0.3, 0.4) is 0 Å². The molecule has 0 bridgehead atoms.